The van der Waals surface area contributed by atoms with Crippen LogP contribution in [-0.2, 0) is 19.2 Å². The van der Waals surface area contributed by atoms with Gasteiger partial charge in [-0.05, 0) is 68.2 Å². The van der Waals surface area contributed by atoms with Crippen LogP contribution in [0, 0.1) is 0 Å². The lowest BCUT2D eigenvalue weighted by molar-refractivity contribution is -0.138. The number of amides is 3. The summed E-state index contributed by atoms with van der Waals surface area (Å²) in [4.78, 5) is 50.2. The van der Waals surface area contributed by atoms with Gasteiger partial charge in [0, 0.05) is 25.1 Å². The third-order valence-corrected chi connectivity index (χ3v) is 7.12. The molecule has 9 nitrogen and oxygen atoms in total. The summed E-state index contributed by atoms with van der Waals surface area (Å²) in [5.41, 5.74) is 2.13. The van der Waals surface area contributed by atoms with E-state index in [4.69, 9.17) is 28.3 Å². The molecule has 1 aliphatic heterocycles. The molecule has 3 rings (SSSR count). The van der Waals surface area contributed by atoms with E-state index in [0.717, 1.165) is 37.1 Å². The number of benzene rings is 2. The Balaban J connectivity index is 1.68. The summed E-state index contributed by atoms with van der Waals surface area (Å²) >= 11 is 12.2. The molecule has 2 aromatic rings. The molecule has 0 radical (unpaired) electrons. The maximum absolute atomic E-state index is 13.3. The molecule has 0 aliphatic carbocycles. The van der Waals surface area contributed by atoms with E-state index in [-0.39, 0.29) is 30.7 Å². The van der Waals surface area contributed by atoms with Crippen molar-refractivity contribution < 1.29 is 24.3 Å². The largest absolute Gasteiger partial charge is 0.480 e. The Morgan fingerprint density at radius 1 is 0.947 bits per heavy atom. The number of likely N-dealkylation sites (tertiary alicyclic amines) is 1. The smallest absolute Gasteiger partial charge is 0.322 e. The van der Waals surface area contributed by atoms with Crippen LogP contribution in [-0.4, -0.2) is 59.9 Å². The van der Waals surface area contributed by atoms with Gasteiger partial charge in [-0.1, -0.05) is 41.4 Å². The molecule has 1 aliphatic rings. The van der Waals surface area contributed by atoms with Crippen LogP contribution in [0.4, 0.5) is 5.69 Å². The lowest BCUT2D eigenvalue weighted by Crippen LogP contribution is -2.38. The molecule has 204 valence electrons. The Morgan fingerprint density at radius 2 is 1.66 bits per heavy atom. The topological polar surface area (TPSA) is 128 Å². The van der Waals surface area contributed by atoms with Crippen molar-refractivity contribution >= 4 is 52.6 Å². The van der Waals surface area contributed by atoms with E-state index < -0.39 is 24.3 Å². The quantitative estimate of drug-likeness (QED) is 0.310. The van der Waals surface area contributed by atoms with E-state index in [1.165, 1.54) is 0 Å². The Bertz CT molecular complexity index is 1170. The highest BCUT2D eigenvalue weighted by Gasteiger charge is 2.24. The van der Waals surface area contributed by atoms with Gasteiger partial charge in [0.1, 0.15) is 6.54 Å². The van der Waals surface area contributed by atoms with Gasteiger partial charge >= 0.3 is 5.97 Å². The average molecular weight is 563 g/mol. The van der Waals surface area contributed by atoms with Crippen molar-refractivity contribution in [1.82, 2.24) is 15.5 Å². The van der Waals surface area contributed by atoms with Gasteiger partial charge in [0.25, 0.3) is 0 Å². The summed E-state index contributed by atoms with van der Waals surface area (Å²) in [6.07, 6.45) is 2.00. The van der Waals surface area contributed by atoms with Crippen molar-refractivity contribution in [1.29, 1.82) is 0 Å². The van der Waals surface area contributed by atoms with Crippen LogP contribution >= 0.6 is 23.2 Å². The lowest BCUT2D eigenvalue weighted by atomic mass is 9.98. The van der Waals surface area contributed by atoms with Crippen LogP contribution in [0.15, 0.2) is 42.5 Å². The standard InChI is InChI=1S/C27H32Cl2N4O5/c1-17(18-7-8-21(28)22(29)14-18)27(38)32-23(16-33-11-2-3-12-33)19-5-4-6-20(13-19)31-25(35)10-9-24(34)30-15-26(36)37/h4-8,13-14,17,23H,2-3,9-12,15-16H2,1H3,(H,30,34)(H,31,35)(H,32,38)(H,36,37). The lowest BCUT2D eigenvalue weighted by Gasteiger charge is -2.27. The summed E-state index contributed by atoms with van der Waals surface area (Å²) in [7, 11) is 0. The normalized spacial score (nSPS) is 14.9. The molecule has 3 amide bonds. The third kappa shape index (κ3) is 9.01. The molecule has 1 heterocycles. The van der Waals surface area contributed by atoms with Gasteiger partial charge in [0.2, 0.25) is 17.7 Å². The number of halogens is 2. The number of aliphatic carboxylic acids is 1. The van der Waals surface area contributed by atoms with Crippen molar-refractivity contribution in [2.75, 3.05) is 31.5 Å². The molecule has 1 fully saturated rings. The number of anilines is 1. The highest BCUT2D eigenvalue weighted by Crippen LogP contribution is 2.28. The molecule has 4 N–H and O–H groups in total. The maximum Gasteiger partial charge on any atom is 0.322 e. The molecule has 2 aromatic carbocycles. The number of hydrogen-bond acceptors (Lipinski definition) is 5. The minimum absolute atomic E-state index is 0.0925. The summed E-state index contributed by atoms with van der Waals surface area (Å²) in [5.74, 6) is -2.65. The highest BCUT2D eigenvalue weighted by atomic mass is 35.5. The summed E-state index contributed by atoms with van der Waals surface area (Å²) in [6, 6.07) is 12.1. The second kappa shape index (κ2) is 14.1. The predicted octanol–water partition coefficient (Wildman–Crippen LogP) is 3.97. The minimum atomic E-state index is -1.15. The summed E-state index contributed by atoms with van der Waals surface area (Å²) < 4.78 is 0. The van der Waals surface area contributed by atoms with Gasteiger partial charge in [-0.15, -0.1) is 0 Å². The van der Waals surface area contributed by atoms with E-state index in [1.807, 2.05) is 19.1 Å². The second-order valence-electron chi connectivity index (χ2n) is 9.31. The monoisotopic (exact) mass is 562 g/mol. The molecule has 2 unspecified atom stereocenters. The Hall–Kier alpha value is -3.14. The number of carbonyl (C=O) groups is 4. The van der Waals surface area contributed by atoms with Gasteiger partial charge in [-0.2, -0.15) is 0 Å². The first-order chi connectivity index (χ1) is 18.1. The number of hydrogen-bond donors (Lipinski definition) is 4. The van der Waals surface area contributed by atoms with Gasteiger partial charge in [0.05, 0.1) is 22.0 Å². The molecule has 0 aromatic heterocycles. The van der Waals surface area contributed by atoms with E-state index in [0.29, 0.717) is 22.3 Å². The van der Waals surface area contributed by atoms with E-state index in [9.17, 15) is 19.2 Å². The van der Waals surface area contributed by atoms with Crippen LogP contribution in [0.1, 0.15) is 55.7 Å². The van der Waals surface area contributed by atoms with Crippen molar-refractivity contribution in [3.63, 3.8) is 0 Å². The first-order valence-electron chi connectivity index (χ1n) is 12.5. The SMILES string of the molecule is CC(C(=O)NC(CN1CCCC1)c1cccc(NC(=O)CCC(=O)NCC(=O)O)c1)c1ccc(Cl)c(Cl)c1. The average Bonchev–Trinajstić information content (AvgIpc) is 3.40. The zero-order valence-electron chi connectivity index (χ0n) is 21.1. The fourth-order valence-electron chi connectivity index (χ4n) is 4.23. The van der Waals surface area contributed by atoms with Gasteiger partial charge < -0.3 is 26.0 Å². The van der Waals surface area contributed by atoms with Crippen LogP contribution < -0.4 is 16.0 Å². The van der Waals surface area contributed by atoms with Crippen molar-refractivity contribution in [2.45, 2.75) is 44.6 Å². The molecule has 0 bridgehead atoms. The van der Waals surface area contributed by atoms with E-state index in [2.05, 4.69) is 20.9 Å². The van der Waals surface area contributed by atoms with Gasteiger partial charge in [0.15, 0.2) is 0 Å². The molecule has 0 spiro atoms. The molecule has 1 saturated heterocycles. The van der Waals surface area contributed by atoms with E-state index >= 15 is 0 Å². The highest BCUT2D eigenvalue weighted by molar-refractivity contribution is 6.42. The van der Waals surface area contributed by atoms with Crippen molar-refractivity contribution in [3.05, 3.63) is 63.6 Å². The number of carboxylic acid groups (broad SMARTS) is 1. The fourth-order valence-corrected chi connectivity index (χ4v) is 4.54. The Labute approximate surface area is 231 Å². The maximum atomic E-state index is 13.3. The first-order valence-corrected chi connectivity index (χ1v) is 13.2. The minimum Gasteiger partial charge on any atom is -0.480 e. The zero-order chi connectivity index (χ0) is 27.7. The summed E-state index contributed by atoms with van der Waals surface area (Å²) in [5, 5.41) is 17.6. The van der Waals surface area contributed by atoms with Crippen LogP contribution in [0.2, 0.25) is 10.0 Å². The number of rotatable bonds is 12. The molecular formula is C27H32Cl2N4O5. The molecule has 2 atom stereocenters. The number of carbonyl (C=O) groups excluding carboxylic acids is 3. The number of carboxylic acids is 1. The Morgan fingerprint density at radius 3 is 2.34 bits per heavy atom. The molecular weight excluding hydrogens is 531 g/mol. The number of nitrogens with one attached hydrogen (secondary N) is 3. The Kier molecular flexibility index (Phi) is 10.9. The molecule has 0 saturated carbocycles. The predicted molar refractivity (Wildman–Crippen MR) is 146 cm³/mol. The van der Waals surface area contributed by atoms with Crippen LogP contribution in [0.5, 0.6) is 0 Å². The third-order valence-electron chi connectivity index (χ3n) is 6.38. The fraction of sp³-hybridized carbons (Fsp3) is 0.407. The van der Waals surface area contributed by atoms with Gasteiger partial charge in [-0.25, -0.2) is 0 Å². The van der Waals surface area contributed by atoms with Crippen molar-refractivity contribution in [2.24, 2.45) is 0 Å². The summed E-state index contributed by atoms with van der Waals surface area (Å²) in [6.45, 7) is 3.85. The van der Waals surface area contributed by atoms with E-state index in [1.54, 1.807) is 30.3 Å². The number of nitrogens with zero attached hydrogens (tertiary/aromatic N) is 1. The van der Waals surface area contributed by atoms with Crippen molar-refractivity contribution in [3.8, 4) is 0 Å². The second-order valence-corrected chi connectivity index (χ2v) is 10.1. The zero-order valence-corrected chi connectivity index (χ0v) is 22.6. The molecule has 11 heteroatoms. The van der Waals surface area contributed by atoms with Crippen LogP contribution in [0.3, 0.4) is 0 Å². The van der Waals surface area contributed by atoms with Crippen LogP contribution in [0.25, 0.3) is 0 Å². The van der Waals surface area contributed by atoms with Gasteiger partial charge in [-0.3, -0.25) is 19.2 Å². The first kappa shape index (κ1) is 29.4. The molecule has 38 heavy (non-hydrogen) atoms.